The third-order valence-corrected chi connectivity index (χ3v) is 2.40. The van der Waals surface area contributed by atoms with Gasteiger partial charge < -0.3 is 5.32 Å². The van der Waals surface area contributed by atoms with Crippen LogP contribution < -0.4 is 5.32 Å². The molecule has 2 aromatic rings. The molecule has 0 unspecified atom stereocenters. The zero-order valence-corrected chi connectivity index (χ0v) is 9.35. The number of imidazole rings is 1. The molecule has 92 valence electrons. The topological polar surface area (TPSA) is 53.6 Å². The molecular weight excluding hydrogens is 238 g/mol. The molecule has 0 fully saturated rings. The molecule has 1 aromatic heterocycles. The van der Waals surface area contributed by atoms with Gasteiger partial charge in [0.05, 0.1) is 18.2 Å². The van der Waals surface area contributed by atoms with Gasteiger partial charge in [-0.3, -0.25) is 4.57 Å². The predicted molar refractivity (Wildman–Crippen MR) is 62.0 cm³/mol. The Morgan fingerprint density at radius 2 is 2.28 bits per heavy atom. The maximum Gasteiger partial charge on any atom is 0.319 e. The zero-order chi connectivity index (χ0) is 13.0. The van der Waals surface area contributed by atoms with E-state index in [2.05, 4.69) is 10.3 Å². The Morgan fingerprint density at radius 3 is 3.00 bits per heavy atom. The maximum atomic E-state index is 12.6. The molecule has 1 heterocycles. The van der Waals surface area contributed by atoms with Crippen LogP contribution >= 0.6 is 0 Å². The second-order valence-electron chi connectivity index (χ2n) is 3.57. The van der Waals surface area contributed by atoms with Crippen LogP contribution in [0.25, 0.3) is 0 Å². The Morgan fingerprint density at radius 1 is 1.44 bits per heavy atom. The van der Waals surface area contributed by atoms with Gasteiger partial charge >= 0.3 is 6.55 Å². The number of hydrogen-bond acceptors (Lipinski definition) is 3. The maximum absolute atomic E-state index is 12.6. The second kappa shape index (κ2) is 5.27. The van der Waals surface area contributed by atoms with Crippen molar-refractivity contribution in [1.82, 2.24) is 9.55 Å². The van der Waals surface area contributed by atoms with Crippen molar-refractivity contribution < 1.29 is 8.78 Å². The summed E-state index contributed by atoms with van der Waals surface area (Å²) in [6.07, 6.45) is 2.56. The molecule has 0 amide bonds. The van der Waals surface area contributed by atoms with Crippen LogP contribution in [0.4, 0.5) is 14.5 Å². The first-order valence-corrected chi connectivity index (χ1v) is 5.24. The highest BCUT2D eigenvalue weighted by Gasteiger charge is 2.10. The minimum atomic E-state index is -2.60. The van der Waals surface area contributed by atoms with E-state index in [1.165, 1.54) is 12.4 Å². The van der Waals surface area contributed by atoms with Crippen LogP contribution in [0.5, 0.6) is 0 Å². The van der Waals surface area contributed by atoms with Gasteiger partial charge in [0.1, 0.15) is 5.82 Å². The van der Waals surface area contributed by atoms with Crippen LogP contribution in [0.3, 0.4) is 0 Å². The van der Waals surface area contributed by atoms with Crippen molar-refractivity contribution in [1.29, 1.82) is 5.26 Å². The smallest absolute Gasteiger partial charge is 0.319 e. The van der Waals surface area contributed by atoms with Gasteiger partial charge in [0.2, 0.25) is 0 Å². The number of halogens is 2. The Balaban J connectivity index is 2.07. The van der Waals surface area contributed by atoms with Crippen molar-refractivity contribution in [3.05, 3.63) is 48.0 Å². The summed E-state index contributed by atoms with van der Waals surface area (Å²) >= 11 is 0. The molecule has 18 heavy (non-hydrogen) atoms. The van der Waals surface area contributed by atoms with Gasteiger partial charge in [-0.25, -0.2) is 4.98 Å². The Labute approximate surface area is 102 Å². The first-order valence-electron chi connectivity index (χ1n) is 5.24. The summed E-state index contributed by atoms with van der Waals surface area (Å²) in [5, 5.41) is 11.7. The summed E-state index contributed by atoms with van der Waals surface area (Å²) in [6.45, 7) is -2.43. The third kappa shape index (κ3) is 2.63. The van der Waals surface area contributed by atoms with Gasteiger partial charge in [-0.1, -0.05) is 6.07 Å². The Kier molecular flexibility index (Phi) is 3.53. The SMILES string of the molecule is N#Cc1cccc(NCc2nccn2C(F)F)c1. The molecule has 0 aliphatic heterocycles. The lowest BCUT2D eigenvalue weighted by Crippen LogP contribution is -2.09. The first kappa shape index (κ1) is 12.0. The highest BCUT2D eigenvalue weighted by molar-refractivity contribution is 5.49. The van der Waals surface area contributed by atoms with Crippen molar-refractivity contribution in [3.8, 4) is 6.07 Å². The van der Waals surface area contributed by atoms with E-state index in [9.17, 15) is 8.78 Å². The molecule has 0 atom stereocenters. The standard InChI is InChI=1S/C12H10F2N4/c13-12(14)18-5-4-16-11(18)8-17-10-3-1-2-9(6-10)7-15/h1-6,12,17H,8H2. The number of benzene rings is 1. The average Bonchev–Trinajstić information content (AvgIpc) is 2.85. The fraction of sp³-hybridized carbons (Fsp3) is 0.167. The molecule has 0 bridgehead atoms. The van der Waals surface area contributed by atoms with Crippen molar-refractivity contribution in [2.75, 3.05) is 5.32 Å². The normalized spacial score (nSPS) is 10.3. The van der Waals surface area contributed by atoms with Crippen molar-refractivity contribution in [3.63, 3.8) is 0 Å². The van der Waals surface area contributed by atoms with Crippen LogP contribution in [-0.4, -0.2) is 9.55 Å². The number of hydrogen-bond donors (Lipinski definition) is 1. The van der Waals surface area contributed by atoms with E-state index in [0.717, 1.165) is 4.57 Å². The van der Waals surface area contributed by atoms with Crippen molar-refractivity contribution >= 4 is 5.69 Å². The number of nitriles is 1. The first-order chi connectivity index (χ1) is 8.70. The summed E-state index contributed by atoms with van der Waals surface area (Å²) in [7, 11) is 0. The molecule has 2 rings (SSSR count). The van der Waals surface area contributed by atoms with Gasteiger partial charge in [-0.05, 0) is 18.2 Å². The highest BCUT2D eigenvalue weighted by atomic mass is 19.3. The van der Waals surface area contributed by atoms with Gasteiger partial charge in [0.25, 0.3) is 0 Å². The van der Waals surface area contributed by atoms with Gasteiger partial charge in [0, 0.05) is 18.1 Å². The fourth-order valence-corrected chi connectivity index (χ4v) is 1.54. The Hall–Kier alpha value is -2.42. The average molecular weight is 248 g/mol. The molecule has 0 aliphatic rings. The summed E-state index contributed by atoms with van der Waals surface area (Å²) in [5.74, 6) is 0.243. The molecule has 0 saturated carbocycles. The number of alkyl halides is 2. The second-order valence-corrected chi connectivity index (χ2v) is 3.57. The number of anilines is 1. The van der Waals surface area contributed by atoms with E-state index < -0.39 is 6.55 Å². The lowest BCUT2D eigenvalue weighted by atomic mass is 10.2. The number of nitrogens with one attached hydrogen (secondary N) is 1. The van der Waals surface area contributed by atoms with E-state index in [0.29, 0.717) is 11.3 Å². The molecular formula is C12H10F2N4. The lowest BCUT2D eigenvalue weighted by Gasteiger charge is -2.08. The molecule has 4 nitrogen and oxygen atoms in total. The summed E-state index contributed by atoms with van der Waals surface area (Å²) in [4.78, 5) is 3.85. The molecule has 0 aliphatic carbocycles. The molecule has 0 spiro atoms. The minimum absolute atomic E-state index is 0.173. The van der Waals surface area contributed by atoms with Gasteiger partial charge in [-0.15, -0.1) is 0 Å². The van der Waals surface area contributed by atoms with E-state index >= 15 is 0 Å². The predicted octanol–water partition coefficient (Wildman–Crippen LogP) is 2.76. The van der Waals surface area contributed by atoms with Gasteiger partial charge in [-0.2, -0.15) is 14.0 Å². The van der Waals surface area contributed by atoms with Crippen LogP contribution in [-0.2, 0) is 6.54 Å². The molecule has 0 saturated heterocycles. The van der Waals surface area contributed by atoms with Crippen molar-refractivity contribution in [2.45, 2.75) is 13.1 Å². The van der Waals surface area contributed by atoms with E-state index in [4.69, 9.17) is 5.26 Å². The lowest BCUT2D eigenvalue weighted by molar-refractivity contribution is 0.0673. The van der Waals surface area contributed by atoms with Crippen molar-refractivity contribution in [2.24, 2.45) is 0 Å². The number of rotatable bonds is 4. The van der Waals surface area contributed by atoms with Gasteiger partial charge in [0.15, 0.2) is 0 Å². The molecule has 6 heteroatoms. The number of aromatic nitrogens is 2. The quantitative estimate of drug-likeness (QED) is 0.905. The van der Waals surface area contributed by atoms with E-state index in [1.807, 2.05) is 6.07 Å². The number of nitrogens with zero attached hydrogens (tertiary/aromatic N) is 3. The molecule has 1 N–H and O–H groups in total. The molecule has 1 aromatic carbocycles. The van der Waals surface area contributed by atoms with Crippen LogP contribution in [0, 0.1) is 11.3 Å². The summed E-state index contributed by atoms with van der Waals surface area (Å²) < 4.78 is 25.9. The zero-order valence-electron chi connectivity index (χ0n) is 9.35. The third-order valence-electron chi connectivity index (χ3n) is 2.40. The summed E-state index contributed by atoms with van der Waals surface area (Å²) in [6, 6.07) is 8.81. The van der Waals surface area contributed by atoms with Crippen LogP contribution in [0.15, 0.2) is 36.7 Å². The Bertz CT molecular complexity index is 571. The summed E-state index contributed by atoms with van der Waals surface area (Å²) in [5.41, 5.74) is 1.20. The van der Waals surface area contributed by atoms with E-state index in [1.54, 1.807) is 24.3 Å². The van der Waals surface area contributed by atoms with Crippen LogP contribution in [0.2, 0.25) is 0 Å². The monoisotopic (exact) mass is 248 g/mol. The fourth-order valence-electron chi connectivity index (χ4n) is 1.54. The van der Waals surface area contributed by atoms with Crippen LogP contribution in [0.1, 0.15) is 17.9 Å². The van der Waals surface area contributed by atoms with E-state index in [-0.39, 0.29) is 12.4 Å². The highest BCUT2D eigenvalue weighted by Crippen LogP contribution is 2.15. The molecule has 0 radical (unpaired) electrons. The largest absolute Gasteiger partial charge is 0.378 e. The minimum Gasteiger partial charge on any atom is -0.378 e.